The van der Waals surface area contributed by atoms with Crippen LogP contribution in [0.25, 0.3) is 0 Å². The van der Waals surface area contributed by atoms with E-state index in [-0.39, 0.29) is 22.8 Å². The standard InChI is InChI=1S/C21H26Cl2N2O2/c1-13(26)24-21-9-14-6-15(10-21)8-20(7-14,12-21)19(27)25(2)11-16-4-3-5-17(22)18(16)23/h3-5,14-15H,6-12H2,1-2H3,(H,24,26)/t14-,15+,20?,21?. The fourth-order valence-corrected chi connectivity index (χ4v) is 6.82. The van der Waals surface area contributed by atoms with E-state index in [0.29, 0.717) is 28.4 Å². The normalized spacial score (nSPS) is 33.8. The summed E-state index contributed by atoms with van der Waals surface area (Å²) < 4.78 is 0. The van der Waals surface area contributed by atoms with Gasteiger partial charge in [0.2, 0.25) is 11.8 Å². The highest BCUT2D eigenvalue weighted by Gasteiger charge is 2.61. The fraction of sp³-hybridized carbons (Fsp3) is 0.619. The molecule has 2 unspecified atom stereocenters. The van der Waals surface area contributed by atoms with Gasteiger partial charge in [-0.25, -0.2) is 0 Å². The number of amides is 2. The Hall–Kier alpha value is -1.26. The summed E-state index contributed by atoms with van der Waals surface area (Å²) in [6.45, 7) is 2.03. The minimum Gasteiger partial charge on any atom is -0.351 e. The molecule has 1 N–H and O–H groups in total. The van der Waals surface area contributed by atoms with Gasteiger partial charge in [-0.15, -0.1) is 0 Å². The Morgan fingerprint density at radius 2 is 1.85 bits per heavy atom. The second-order valence-electron chi connectivity index (χ2n) is 9.08. The molecule has 0 spiro atoms. The minimum absolute atomic E-state index is 0.0126. The third-order valence-corrected chi connectivity index (χ3v) is 7.60. The van der Waals surface area contributed by atoms with Gasteiger partial charge in [0, 0.05) is 26.1 Å². The van der Waals surface area contributed by atoms with Gasteiger partial charge in [0.1, 0.15) is 0 Å². The number of benzene rings is 1. The summed E-state index contributed by atoms with van der Waals surface area (Å²) in [6.07, 6.45) is 5.87. The highest BCUT2D eigenvalue weighted by molar-refractivity contribution is 6.42. The quantitative estimate of drug-likeness (QED) is 0.800. The SMILES string of the molecule is CC(=O)NC12C[C@H]3C[C@@H](C1)CC(C(=O)N(C)Cc1cccc(Cl)c1Cl)(C3)C2. The van der Waals surface area contributed by atoms with E-state index in [4.69, 9.17) is 23.2 Å². The lowest BCUT2D eigenvalue weighted by atomic mass is 9.46. The third-order valence-electron chi connectivity index (χ3n) is 6.74. The van der Waals surface area contributed by atoms with Crippen molar-refractivity contribution in [3.05, 3.63) is 33.8 Å². The van der Waals surface area contributed by atoms with Gasteiger partial charge in [0.25, 0.3) is 0 Å². The van der Waals surface area contributed by atoms with Gasteiger partial charge in [-0.2, -0.15) is 0 Å². The Bertz CT molecular complexity index is 780. The van der Waals surface area contributed by atoms with Gasteiger partial charge in [0.15, 0.2) is 0 Å². The van der Waals surface area contributed by atoms with Crippen molar-refractivity contribution < 1.29 is 9.59 Å². The van der Waals surface area contributed by atoms with Crippen LogP contribution >= 0.6 is 23.2 Å². The molecule has 0 saturated heterocycles. The Morgan fingerprint density at radius 3 is 2.48 bits per heavy atom. The first kappa shape index (κ1) is 19.1. The van der Waals surface area contributed by atoms with E-state index < -0.39 is 0 Å². The van der Waals surface area contributed by atoms with E-state index >= 15 is 0 Å². The van der Waals surface area contributed by atoms with Crippen LogP contribution in [0.15, 0.2) is 18.2 Å². The topological polar surface area (TPSA) is 49.4 Å². The van der Waals surface area contributed by atoms with Crippen molar-refractivity contribution in [3.63, 3.8) is 0 Å². The molecule has 0 aromatic heterocycles. The molecule has 4 saturated carbocycles. The average molecular weight is 409 g/mol. The number of hydrogen-bond donors (Lipinski definition) is 1. The lowest BCUT2D eigenvalue weighted by molar-refractivity contribution is -0.162. The van der Waals surface area contributed by atoms with Gasteiger partial charge >= 0.3 is 0 Å². The van der Waals surface area contributed by atoms with Gasteiger partial charge in [0.05, 0.1) is 15.5 Å². The monoisotopic (exact) mass is 408 g/mol. The molecule has 146 valence electrons. The zero-order chi connectivity index (χ0) is 19.4. The Kier molecular flexibility index (Phi) is 4.71. The van der Waals surface area contributed by atoms with Crippen LogP contribution in [0.4, 0.5) is 0 Å². The number of carbonyl (C=O) groups excluding carboxylic acids is 2. The first-order valence-corrected chi connectivity index (χ1v) is 10.4. The van der Waals surface area contributed by atoms with Crippen molar-refractivity contribution in [1.29, 1.82) is 0 Å². The number of halogens is 2. The maximum absolute atomic E-state index is 13.6. The van der Waals surface area contributed by atoms with E-state index in [1.807, 2.05) is 19.2 Å². The minimum atomic E-state index is -0.355. The van der Waals surface area contributed by atoms with Crippen molar-refractivity contribution in [2.24, 2.45) is 17.3 Å². The van der Waals surface area contributed by atoms with Crippen LogP contribution in [0.3, 0.4) is 0 Å². The van der Waals surface area contributed by atoms with Crippen LogP contribution in [-0.2, 0) is 16.1 Å². The number of hydrogen-bond acceptors (Lipinski definition) is 2. The van der Waals surface area contributed by atoms with E-state index in [1.54, 1.807) is 17.9 Å². The Morgan fingerprint density at radius 1 is 1.19 bits per heavy atom. The van der Waals surface area contributed by atoms with Gasteiger partial charge in [-0.05, 0) is 62.0 Å². The van der Waals surface area contributed by atoms with Crippen LogP contribution in [0.5, 0.6) is 0 Å². The van der Waals surface area contributed by atoms with E-state index in [9.17, 15) is 9.59 Å². The third kappa shape index (κ3) is 3.36. The summed E-state index contributed by atoms with van der Waals surface area (Å²) in [4.78, 5) is 27.2. The molecule has 0 heterocycles. The molecular weight excluding hydrogens is 383 g/mol. The first-order chi connectivity index (χ1) is 12.7. The summed E-state index contributed by atoms with van der Waals surface area (Å²) in [5.74, 6) is 1.26. The van der Waals surface area contributed by atoms with Gasteiger partial charge < -0.3 is 10.2 Å². The molecule has 0 aliphatic heterocycles. The molecular formula is C21H26Cl2N2O2. The van der Waals surface area contributed by atoms with E-state index in [1.165, 1.54) is 6.42 Å². The molecule has 2 amide bonds. The molecule has 4 fully saturated rings. The molecule has 4 bridgehead atoms. The van der Waals surface area contributed by atoms with Gasteiger partial charge in [-0.3, -0.25) is 9.59 Å². The molecule has 6 heteroatoms. The van der Waals surface area contributed by atoms with Crippen LogP contribution in [0.1, 0.15) is 51.0 Å². The Labute approximate surface area is 170 Å². The van der Waals surface area contributed by atoms with Crippen LogP contribution in [0.2, 0.25) is 10.0 Å². The van der Waals surface area contributed by atoms with Crippen molar-refractivity contribution in [3.8, 4) is 0 Å². The number of carbonyl (C=O) groups is 2. The molecule has 4 nitrogen and oxygen atoms in total. The van der Waals surface area contributed by atoms with Gasteiger partial charge in [-0.1, -0.05) is 35.3 Å². The number of nitrogens with one attached hydrogen (secondary N) is 1. The number of nitrogens with zero attached hydrogens (tertiary/aromatic N) is 1. The van der Waals surface area contributed by atoms with Crippen LogP contribution in [0, 0.1) is 17.3 Å². The maximum Gasteiger partial charge on any atom is 0.228 e. The van der Waals surface area contributed by atoms with Crippen LogP contribution < -0.4 is 5.32 Å². The summed E-state index contributed by atoms with van der Waals surface area (Å²) in [6, 6.07) is 5.53. The van der Waals surface area contributed by atoms with E-state index in [0.717, 1.165) is 37.7 Å². The second-order valence-corrected chi connectivity index (χ2v) is 9.86. The molecule has 1 aromatic carbocycles. The molecule has 4 aliphatic rings. The highest BCUT2D eigenvalue weighted by Crippen LogP contribution is 2.62. The lowest BCUT2D eigenvalue weighted by Crippen LogP contribution is -2.65. The summed E-state index contributed by atoms with van der Waals surface area (Å²) in [5, 5.41) is 4.25. The summed E-state index contributed by atoms with van der Waals surface area (Å²) in [5.41, 5.74) is 0.313. The zero-order valence-corrected chi connectivity index (χ0v) is 17.4. The lowest BCUT2D eigenvalue weighted by Gasteiger charge is -2.61. The molecule has 27 heavy (non-hydrogen) atoms. The first-order valence-electron chi connectivity index (χ1n) is 9.69. The predicted molar refractivity (Wildman–Crippen MR) is 107 cm³/mol. The Balaban J connectivity index is 1.57. The molecule has 0 radical (unpaired) electrons. The number of rotatable bonds is 4. The summed E-state index contributed by atoms with van der Waals surface area (Å²) in [7, 11) is 1.85. The second kappa shape index (κ2) is 6.66. The molecule has 4 atom stereocenters. The highest BCUT2D eigenvalue weighted by atomic mass is 35.5. The fourth-order valence-electron chi connectivity index (χ4n) is 6.44. The molecule has 5 rings (SSSR count). The summed E-state index contributed by atoms with van der Waals surface area (Å²) >= 11 is 12.4. The van der Waals surface area contributed by atoms with Crippen molar-refractivity contribution in [1.82, 2.24) is 10.2 Å². The van der Waals surface area contributed by atoms with E-state index in [2.05, 4.69) is 5.32 Å². The smallest absolute Gasteiger partial charge is 0.228 e. The van der Waals surface area contributed by atoms with Crippen LogP contribution in [-0.4, -0.2) is 29.3 Å². The largest absolute Gasteiger partial charge is 0.351 e. The zero-order valence-electron chi connectivity index (χ0n) is 15.9. The molecule has 4 aliphatic carbocycles. The van der Waals surface area contributed by atoms with Crippen molar-refractivity contribution >= 4 is 35.0 Å². The van der Waals surface area contributed by atoms with Crippen molar-refractivity contribution in [2.45, 2.75) is 57.5 Å². The van der Waals surface area contributed by atoms with Crippen molar-refractivity contribution in [2.75, 3.05) is 7.05 Å². The maximum atomic E-state index is 13.6. The average Bonchev–Trinajstić information content (AvgIpc) is 2.55. The predicted octanol–water partition coefficient (Wildman–Crippen LogP) is 4.43. The molecule has 1 aromatic rings.